The molecular formula is C23H25ClN4O3. The molecule has 8 heteroatoms. The third-order valence-corrected chi connectivity index (χ3v) is 5.73. The lowest BCUT2D eigenvalue weighted by Crippen LogP contribution is -2.52. The highest BCUT2D eigenvalue weighted by molar-refractivity contribution is 6.32. The van der Waals surface area contributed by atoms with Crippen molar-refractivity contribution >= 4 is 34.9 Å². The van der Waals surface area contributed by atoms with Gasteiger partial charge in [-0.1, -0.05) is 11.6 Å². The number of rotatable bonds is 6. The number of ether oxygens (including phenoxy) is 1. The van der Waals surface area contributed by atoms with Crippen LogP contribution < -0.4 is 10.2 Å². The molecule has 1 N–H and O–H groups in total. The SMILES string of the molecule is COC(=O)c1ccc(N2CCN(CCC(=O)Nc3ccc(C#N)c(Cl)c3)C(C)C2)cc1. The maximum absolute atomic E-state index is 12.3. The van der Waals surface area contributed by atoms with Gasteiger partial charge in [0.2, 0.25) is 5.91 Å². The zero-order valence-electron chi connectivity index (χ0n) is 17.6. The number of methoxy groups -OCH3 is 1. The van der Waals surface area contributed by atoms with Crippen molar-refractivity contribution in [3.05, 3.63) is 58.6 Å². The highest BCUT2D eigenvalue weighted by Crippen LogP contribution is 2.22. The van der Waals surface area contributed by atoms with Crippen molar-refractivity contribution in [3.63, 3.8) is 0 Å². The normalized spacial score (nSPS) is 16.5. The van der Waals surface area contributed by atoms with Gasteiger partial charge in [0.15, 0.2) is 0 Å². The second-order valence-corrected chi connectivity index (χ2v) is 7.88. The van der Waals surface area contributed by atoms with E-state index in [1.165, 1.54) is 7.11 Å². The van der Waals surface area contributed by atoms with E-state index in [4.69, 9.17) is 21.6 Å². The van der Waals surface area contributed by atoms with Gasteiger partial charge >= 0.3 is 5.97 Å². The number of carbonyl (C=O) groups excluding carboxylic acids is 2. The van der Waals surface area contributed by atoms with E-state index in [1.54, 1.807) is 30.3 Å². The van der Waals surface area contributed by atoms with Gasteiger partial charge in [0, 0.05) is 50.0 Å². The Morgan fingerprint density at radius 3 is 2.58 bits per heavy atom. The predicted molar refractivity (Wildman–Crippen MR) is 120 cm³/mol. The molecule has 0 radical (unpaired) electrons. The minimum Gasteiger partial charge on any atom is -0.465 e. The number of hydrogen-bond acceptors (Lipinski definition) is 6. The second kappa shape index (κ2) is 10.3. The van der Waals surface area contributed by atoms with Gasteiger partial charge in [-0.05, 0) is 49.4 Å². The predicted octanol–water partition coefficient (Wildman–Crippen LogP) is 3.54. The Hall–Kier alpha value is -3.08. The van der Waals surface area contributed by atoms with Gasteiger partial charge in [-0.25, -0.2) is 4.79 Å². The molecule has 0 aliphatic carbocycles. The summed E-state index contributed by atoms with van der Waals surface area (Å²) < 4.78 is 4.74. The van der Waals surface area contributed by atoms with Crippen LogP contribution in [-0.4, -0.2) is 56.1 Å². The topological polar surface area (TPSA) is 85.7 Å². The number of piperazine rings is 1. The minimum absolute atomic E-state index is 0.0891. The maximum atomic E-state index is 12.3. The number of anilines is 2. The summed E-state index contributed by atoms with van der Waals surface area (Å²) >= 11 is 6.02. The first-order chi connectivity index (χ1) is 14.9. The van der Waals surface area contributed by atoms with Crippen LogP contribution in [0, 0.1) is 11.3 Å². The third-order valence-electron chi connectivity index (χ3n) is 5.42. The molecule has 1 aliphatic rings. The number of amides is 1. The molecule has 0 saturated carbocycles. The van der Waals surface area contributed by atoms with Crippen molar-refractivity contribution in [1.29, 1.82) is 5.26 Å². The second-order valence-electron chi connectivity index (χ2n) is 7.47. The summed E-state index contributed by atoms with van der Waals surface area (Å²) in [4.78, 5) is 28.5. The molecule has 7 nitrogen and oxygen atoms in total. The average molecular weight is 441 g/mol. The first kappa shape index (κ1) is 22.6. The quantitative estimate of drug-likeness (QED) is 0.691. The number of nitriles is 1. The first-order valence-corrected chi connectivity index (χ1v) is 10.5. The van der Waals surface area contributed by atoms with Crippen LogP contribution in [0.5, 0.6) is 0 Å². The molecule has 31 heavy (non-hydrogen) atoms. The molecule has 1 fully saturated rings. The van der Waals surface area contributed by atoms with Crippen molar-refractivity contribution in [2.24, 2.45) is 0 Å². The number of carbonyl (C=O) groups is 2. The van der Waals surface area contributed by atoms with Crippen LogP contribution in [-0.2, 0) is 9.53 Å². The van der Waals surface area contributed by atoms with Gasteiger partial charge in [-0.3, -0.25) is 9.69 Å². The zero-order chi connectivity index (χ0) is 22.4. The molecule has 162 valence electrons. The van der Waals surface area contributed by atoms with Crippen molar-refractivity contribution in [2.75, 3.05) is 43.5 Å². The van der Waals surface area contributed by atoms with Gasteiger partial charge in [0.05, 0.1) is 23.3 Å². The molecule has 0 bridgehead atoms. The van der Waals surface area contributed by atoms with Crippen LogP contribution in [0.3, 0.4) is 0 Å². The lowest BCUT2D eigenvalue weighted by Gasteiger charge is -2.41. The summed E-state index contributed by atoms with van der Waals surface area (Å²) in [6, 6.07) is 14.6. The number of nitrogens with zero attached hydrogens (tertiary/aromatic N) is 3. The van der Waals surface area contributed by atoms with Crippen LogP contribution in [0.25, 0.3) is 0 Å². The van der Waals surface area contributed by atoms with Crippen LogP contribution >= 0.6 is 11.6 Å². The summed E-state index contributed by atoms with van der Waals surface area (Å²) in [6.07, 6.45) is 0.371. The molecule has 1 aliphatic heterocycles. The van der Waals surface area contributed by atoms with E-state index < -0.39 is 0 Å². The van der Waals surface area contributed by atoms with Crippen LogP contribution in [0.2, 0.25) is 5.02 Å². The fraction of sp³-hybridized carbons (Fsp3) is 0.348. The Kier molecular flexibility index (Phi) is 7.50. The number of esters is 1. The minimum atomic E-state index is -0.341. The monoisotopic (exact) mass is 440 g/mol. The molecule has 1 heterocycles. The van der Waals surface area contributed by atoms with E-state index in [2.05, 4.69) is 22.0 Å². The fourth-order valence-corrected chi connectivity index (χ4v) is 3.86. The zero-order valence-corrected chi connectivity index (χ0v) is 18.4. The Morgan fingerprint density at radius 1 is 1.23 bits per heavy atom. The molecule has 1 amide bonds. The lowest BCUT2D eigenvalue weighted by atomic mass is 10.1. The molecule has 2 aromatic carbocycles. The highest BCUT2D eigenvalue weighted by Gasteiger charge is 2.24. The molecule has 2 aromatic rings. The summed E-state index contributed by atoms with van der Waals surface area (Å²) in [6.45, 7) is 5.33. The molecule has 1 atom stereocenters. The van der Waals surface area contributed by atoms with Crippen molar-refractivity contribution in [1.82, 2.24) is 4.90 Å². The van der Waals surface area contributed by atoms with E-state index in [0.717, 1.165) is 25.3 Å². The van der Waals surface area contributed by atoms with E-state index in [0.29, 0.717) is 34.8 Å². The average Bonchev–Trinajstić information content (AvgIpc) is 2.78. The van der Waals surface area contributed by atoms with Gasteiger partial charge in [-0.15, -0.1) is 0 Å². The standard InChI is InChI=1S/C23H25ClN4O3/c1-16-15-28(20-7-4-17(5-8-20)23(30)31-2)12-11-27(16)10-9-22(29)26-19-6-3-18(14-25)21(24)13-19/h3-8,13,16H,9-12,15H2,1-2H3,(H,26,29). The molecule has 0 aromatic heterocycles. The van der Waals surface area contributed by atoms with Gasteiger partial charge in [-0.2, -0.15) is 5.26 Å². The molecule has 1 unspecified atom stereocenters. The Balaban J connectivity index is 1.49. The van der Waals surface area contributed by atoms with Crippen LogP contribution in [0.4, 0.5) is 11.4 Å². The summed E-state index contributed by atoms with van der Waals surface area (Å²) in [5.74, 6) is -0.430. The summed E-state index contributed by atoms with van der Waals surface area (Å²) in [7, 11) is 1.37. The van der Waals surface area contributed by atoms with Crippen molar-refractivity contribution in [2.45, 2.75) is 19.4 Å². The van der Waals surface area contributed by atoms with E-state index in [-0.39, 0.29) is 17.9 Å². The molecular weight excluding hydrogens is 416 g/mol. The number of hydrogen-bond donors (Lipinski definition) is 1. The van der Waals surface area contributed by atoms with Crippen LogP contribution in [0.15, 0.2) is 42.5 Å². The van der Waals surface area contributed by atoms with E-state index >= 15 is 0 Å². The first-order valence-electron chi connectivity index (χ1n) is 10.1. The fourth-order valence-electron chi connectivity index (χ4n) is 3.64. The number of nitrogens with one attached hydrogen (secondary N) is 1. The Morgan fingerprint density at radius 2 is 1.97 bits per heavy atom. The highest BCUT2D eigenvalue weighted by atomic mass is 35.5. The number of halogens is 1. The maximum Gasteiger partial charge on any atom is 0.337 e. The van der Waals surface area contributed by atoms with Gasteiger partial charge < -0.3 is 15.0 Å². The van der Waals surface area contributed by atoms with Crippen LogP contribution in [0.1, 0.15) is 29.3 Å². The largest absolute Gasteiger partial charge is 0.465 e. The number of benzene rings is 2. The van der Waals surface area contributed by atoms with E-state index in [9.17, 15) is 9.59 Å². The molecule has 1 saturated heterocycles. The van der Waals surface area contributed by atoms with Crippen molar-refractivity contribution < 1.29 is 14.3 Å². The Bertz CT molecular complexity index is 987. The van der Waals surface area contributed by atoms with E-state index in [1.807, 2.05) is 18.2 Å². The van der Waals surface area contributed by atoms with Gasteiger partial charge in [0.1, 0.15) is 6.07 Å². The summed E-state index contributed by atoms with van der Waals surface area (Å²) in [5.41, 5.74) is 2.57. The molecule has 0 spiro atoms. The van der Waals surface area contributed by atoms with Gasteiger partial charge in [0.25, 0.3) is 0 Å². The third kappa shape index (κ3) is 5.75. The van der Waals surface area contributed by atoms with Crippen molar-refractivity contribution in [3.8, 4) is 6.07 Å². The smallest absolute Gasteiger partial charge is 0.337 e. The Labute approximate surface area is 187 Å². The summed E-state index contributed by atoms with van der Waals surface area (Å²) in [5, 5.41) is 12.1. The lowest BCUT2D eigenvalue weighted by molar-refractivity contribution is -0.116. The molecule has 3 rings (SSSR count).